The molecule has 1 unspecified atom stereocenters. The predicted molar refractivity (Wildman–Crippen MR) is 83.7 cm³/mol. The van der Waals surface area contributed by atoms with Gasteiger partial charge in [0, 0.05) is 41.8 Å². The summed E-state index contributed by atoms with van der Waals surface area (Å²) in [5.41, 5.74) is 7.71. The van der Waals surface area contributed by atoms with Gasteiger partial charge < -0.3 is 15.6 Å². The number of benzene rings is 1. The standard InChI is InChI=1S/C16H23N3O/c1-3-9-19-10-8-13-11-14(5-6-15(13)19)18-16(20)7-4-12(2)17/h5-6,8,10-12H,3-4,7,9,17H2,1-2H3,(H,18,20). The van der Waals surface area contributed by atoms with E-state index < -0.39 is 0 Å². The summed E-state index contributed by atoms with van der Waals surface area (Å²) in [6.07, 6.45) is 4.38. The molecule has 1 aromatic carbocycles. The minimum absolute atomic E-state index is 0.0228. The number of anilines is 1. The maximum Gasteiger partial charge on any atom is 0.224 e. The molecule has 0 saturated heterocycles. The molecule has 2 aromatic rings. The van der Waals surface area contributed by atoms with E-state index in [2.05, 4.69) is 35.1 Å². The van der Waals surface area contributed by atoms with Crippen LogP contribution >= 0.6 is 0 Å². The second-order valence-electron chi connectivity index (χ2n) is 5.35. The SMILES string of the molecule is CCCn1ccc2cc(NC(=O)CCC(C)N)ccc21. The molecule has 0 bridgehead atoms. The number of hydrogen-bond acceptors (Lipinski definition) is 2. The van der Waals surface area contributed by atoms with E-state index >= 15 is 0 Å². The summed E-state index contributed by atoms with van der Waals surface area (Å²) in [4.78, 5) is 11.8. The Bertz CT molecular complexity index is 586. The zero-order valence-corrected chi connectivity index (χ0v) is 12.2. The lowest BCUT2D eigenvalue weighted by molar-refractivity contribution is -0.116. The zero-order chi connectivity index (χ0) is 14.5. The third-order valence-electron chi connectivity index (χ3n) is 3.35. The van der Waals surface area contributed by atoms with E-state index in [-0.39, 0.29) is 11.9 Å². The summed E-state index contributed by atoms with van der Waals surface area (Å²) in [6, 6.07) is 8.18. The van der Waals surface area contributed by atoms with Gasteiger partial charge in [0.1, 0.15) is 0 Å². The minimum atomic E-state index is 0.0228. The first kappa shape index (κ1) is 14.6. The lowest BCUT2D eigenvalue weighted by atomic mass is 10.2. The number of aryl methyl sites for hydroxylation is 1. The van der Waals surface area contributed by atoms with Gasteiger partial charge >= 0.3 is 0 Å². The number of amides is 1. The molecule has 0 spiro atoms. The molecule has 4 nitrogen and oxygen atoms in total. The van der Waals surface area contributed by atoms with E-state index in [1.54, 1.807) is 0 Å². The quantitative estimate of drug-likeness (QED) is 0.849. The topological polar surface area (TPSA) is 60.0 Å². The van der Waals surface area contributed by atoms with Crippen LogP contribution in [0.4, 0.5) is 5.69 Å². The Balaban J connectivity index is 2.06. The molecular weight excluding hydrogens is 250 g/mol. The average molecular weight is 273 g/mol. The molecule has 0 aliphatic heterocycles. The second kappa shape index (κ2) is 6.57. The van der Waals surface area contributed by atoms with Crippen molar-refractivity contribution in [3.05, 3.63) is 30.5 Å². The van der Waals surface area contributed by atoms with Crippen LogP contribution in [0.5, 0.6) is 0 Å². The van der Waals surface area contributed by atoms with Crippen molar-refractivity contribution in [1.29, 1.82) is 0 Å². The highest BCUT2D eigenvalue weighted by Gasteiger charge is 2.06. The first-order valence-electron chi connectivity index (χ1n) is 7.24. The number of rotatable bonds is 6. The average Bonchev–Trinajstić information content (AvgIpc) is 2.80. The van der Waals surface area contributed by atoms with E-state index in [0.717, 1.165) is 24.0 Å². The van der Waals surface area contributed by atoms with Crippen molar-refractivity contribution >= 4 is 22.5 Å². The van der Waals surface area contributed by atoms with Crippen LogP contribution in [0.1, 0.15) is 33.1 Å². The molecule has 0 radical (unpaired) electrons. The van der Waals surface area contributed by atoms with E-state index in [1.165, 1.54) is 5.52 Å². The Labute approximate surface area is 120 Å². The van der Waals surface area contributed by atoms with Gasteiger partial charge in [-0.1, -0.05) is 6.92 Å². The number of carbonyl (C=O) groups is 1. The minimum Gasteiger partial charge on any atom is -0.347 e. The van der Waals surface area contributed by atoms with E-state index in [1.807, 2.05) is 19.1 Å². The lowest BCUT2D eigenvalue weighted by Crippen LogP contribution is -2.19. The second-order valence-corrected chi connectivity index (χ2v) is 5.35. The highest BCUT2D eigenvalue weighted by Crippen LogP contribution is 2.21. The Kier molecular flexibility index (Phi) is 4.79. The number of nitrogens with zero attached hydrogens (tertiary/aromatic N) is 1. The van der Waals surface area contributed by atoms with Crippen LogP contribution < -0.4 is 11.1 Å². The molecule has 0 fully saturated rings. The van der Waals surface area contributed by atoms with Gasteiger partial charge in [0.05, 0.1) is 0 Å². The summed E-state index contributed by atoms with van der Waals surface area (Å²) in [6.45, 7) is 5.10. The Morgan fingerprint density at radius 1 is 1.40 bits per heavy atom. The van der Waals surface area contributed by atoms with Crippen LogP contribution in [0, 0.1) is 0 Å². The van der Waals surface area contributed by atoms with Gasteiger partial charge in [0.15, 0.2) is 0 Å². The van der Waals surface area contributed by atoms with Crippen molar-refractivity contribution in [1.82, 2.24) is 4.57 Å². The maximum absolute atomic E-state index is 11.8. The Hall–Kier alpha value is -1.81. The van der Waals surface area contributed by atoms with Gasteiger partial charge in [0.25, 0.3) is 0 Å². The third-order valence-corrected chi connectivity index (χ3v) is 3.35. The van der Waals surface area contributed by atoms with E-state index in [9.17, 15) is 4.79 Å². The molecule has 4 heteroatoms. The molecule has 1 amide bonds. The highest BCUT2D eigenvalue weighted by atomic mass is 16.1. The molecule has 2 rings (SSSR count). The number of nitrogens with one attached hydrogen (secondary N) is 1. The van der Waals surface area contributed by atoms with Crippen molar-refractivity contribution in [3.63, 3.8) is 0 Å². The number of hydrogen-bond donors (Lipinski definition) is 2. The third kappa shape index (κ3) is 3.61. The molecule has 108 valence electrons. The van der Waals surface area contributed by atoms with Crippen LogP contribution in [0.25, 0.3) is 10.9 Å². The fourth-order valence-corrected chi connectivity index (χ4v) is 2.30. The molecule has 0 aliphatic carbocycles. The van der Waals surface area contributed by atoms with E-state index in [4.69, 9.17) is 5.73 Å². The predicted octanol–water partition coefficient (Wildman–Crippen LogP) is 3.12. The van der Waals surface area contributed by atoms with Crippen molar-refractivity contribution in [3.8, 4) is 0 Å². The summed E-state index contributed by atoms with van der Waals surface area (Å²) < 4.78 is 2.23. The molecule has 1 atom stereocenters. The zero-order valence-electron chi connectivity index (χ0n) is 12.2. The van der Waals surface area contributed by atoms with Crippen molar-refractivity contribution < 1.29 is 4.79 Å². The summed E-state index contributed by atoms with van der Waals surface area (Å²) in [5.74, 6) is 0.0228. The largest absolute Gasteiger partial charge is 0.347 e. The van der Waals surface area contributed by atoms with Crippen LogP contribution in [-0.2, 0) is 11.3 Å². The first-order valence-corrected chi connectivity index (χ1v) is 7.24. The van der Waals surface area contributed by atoms with Gasteiger partial charge in [-0.25, -0.2) is 0 Å². The van der Waals surface area contributed by atoms with Crippen molar-refractivity contribution in [2.45, 2.75) is 45.7 Å². The number of carbonyl (C=O) groups excluding carboxylic acids is 1. The van der Waals surface area contributed by atoms with Gasteiger partial charge in [-0.05, 0) is 44.0 Å². The lowest BCUT2D eigenvalue weighted by Gasteiger charge is -2.08. The summed E-state index contributed by atoms with van der Waals surface area (Å²) >= 11 is 0. The fourth-order valence-electron chi connectivity index (χ4n) is 2.30. The molecule has 1 heterocycles. The van der Waals surface area contributed by atoms with Crippen LogP contribution in [0.2, 0.25) is 0 Å². The van der Waals surface area contributed by atoms with Crippen molar-refractivity contribution in [2.24, 2.45) is 5.73 Å². The maximum atomic E-state index is 11.8. The van der Waals surface area contributed by atoms with Gasteiger partial charge in [-0.2, -0.15) is 0 Å². The number of aromatic nitrogens is 1. The van der Waals surface area contributed by atoms with Crippen LogP contribution in [0.15, 0.2) is 30.5 Å². The number of nitrogens with two attached hydrogens (primary N) is 1. The number of fused-ring (bicyclic) bond motifs is 1. The fraction of sp³-hybridized carbons (Fsp3) is 0.438. The smallest absolute Gasteiger partial charge is 0.224 e. The first-order chi connectivity index (χ1) is 9.60. The monoisotopic (exact) mass is 273 g/mol. The molecule has 20 heavy (non-hydrogen) atoms. The Morgan fingerprint density at radius 3 is 2.90 bits per heavy atom. The Morgan fingerprint density at radius 2 is 2.20 bits per heavy atom. The summed E-state index contributed by atoms with van der Waals surface area (Å²) in [7, 11) is 0. The van der Waals surface area contributed by atoms with Gasteiger partial charge in [-0.3, -0.25) is 4.79 Å². The van der Waals surface area contributed by atoms with Gasteiger partial charge in [-0.15, -0.1) is 0 Å². The molecular formula is C16H23N3O. The molecule has 0 saturated carbocycles. The molecule has 1 aromatic heterocycles. The van der Waals surface area contributed by atoms with Crippen molar-refractivity contribution in [2.75, 3.05) is 5.32 Å². The van der Waals surface area contributed by atoms with Crippen LogP contribution in [-0.4, -0.2) is 16.5 Å². The highest BCUT2D eigenvalue weighted by molar-refractivity contribution is 5.93. The van der Waals surface area contributed by atoms with Gasteiger partial charge in [0.2, 0.25) is 5.91 Å². The normalized spacial score (nSPS) is 12.6. The summed E-state index contributed by atoms with van der Waals surface area (Å²) in [5, 5.41) is 4.08. The molecule has 0 aliphatic rings. The van der Waals surface area contributed by atoms with E-state index in [0.29, 0.717) is 12.8 Å². The molecule has 3 N–H and O–H groups in total. The van der Waals surface area contributed by atoms with Crippen LogP contribution in [0.3, 0.4) is 0 Å².